The van der Waals surface area contributed by atoms with Crippen molar-refractivity contribution in [3.8, 4) is 0 Å². The van der Waals surface area contributed by atoms with Crippen molar-refractivity contribution in [2.75, 3.05) is 13.1 Å². The fraction of sp³-hybridized carbons (Fsp3) is 0.667. The van der Waals surface area contributed by atoms with Crippen molar-refractivity contribution in [3.05, 3.63) is 0 Å². The minimum absolute atomic E-state index is 0.0518. The summed E-state index contributed by atoms with van der Waals surface area (Å²) < 4.78 is 0. The molecular formula is C6H11N3O2. The molecule has 1 fully saturated rings. The number of amides is 2. The van der Waals surface area contributed by atoms with Crippen LogP contribution in [0, 0.1) is 0 Å². The van der Waals surface area contributed by atoms with E-state index in [0.29, 0.717) is 13.0 Å². The molecular weight excluding hydrogens is 146 g/mol. The van der Waals surface area contributed by atoms with Gasteiger partial charge >= 0.3 is 0 Å². The Kier molecular flexibility index (Phi) is 2.09. The standard InChI is InChI=1S/C6H11N3O2/c7-3-5(10)9-2-1-4(9)6(8)11/h4H,1-3,7H2,(H2,8,11). The molecule has 62 valence electrons. The van der Waals surface area contributed by atoms with Crippen LogP contribution in [-0.2, 0) is 9.59 Å². The van der Waals surface area contributed by atoms with Crippen molar-refractivity contribution in [1.82, 2.24) is 4.90 Å². The van der Waals surface area contributed by atoms with Gasteiger partial charge in [0.2, 0.25) is 11.8 Å². The maximum Gasteiger partial charge on any atom is 0.240 e. The van der Waals surface area contributed by atoms with Crippen LogP contribution in [0.25, 0.3) is 0 Å². The second kappa shape index (κ2) is 2.87. The Bertz CT molecular complexity index is 192. The van der Waals surface area contributed by atoms with Gasteiger partial charge in [0.05, 0.1) is 6.54 Å². The number of hydrogen-bond acceptors (Lipinski definition) is 3. The van der Waals surface area contributed by atoms with Crippen LogP contribution in [0.3, 0.4) is 0 Å². The summed E-state index contributed by atoms with van der Waals surface area (Å²) in [5.41, 5.74) is 10.1. The molecule has 1 atom stereocenters. The van der Waals surface area contributed by atoms with Crippen LogP contribution in [0.4, 0.5) is 0 Å². The van der Waals surface area contributed by atoms with E-state index in [1.54, 1.807) is 0 Å². The first-order valence-electron chi connectivity index (χ1n) is 3.45. The molecule has 11 heavy (non-hydrogen) atoms. The molecule has 0 spiro atoms. The Morgan fingerprint density at radius 1 is 1.55 bits per heavy atom. The minimum atomic E-state index is -0.446. The first-order valence-corrected chi connectivity index (χ1v) is 3.45. The first kappa shape index (κ1) is 8.00. The highest BCUT2D eigenvalue weighted by molar-refractivity contribution is 5.88. The molecule has 1 saturated heterocycles. The van der Waals surface area contributed by atoms with E-state index in [2.05, 4.69) is 0 Å². The number of carbonyl (C=O) groups excluding carboxylic acids is 2. The van der Waals surface area contributed by atoms with E-state index < -0.39 is 11.9 Å². The number of nitrogens with zero attached hydrogens (tertiary/aromatic N) is 1. The SMILES string of the molecule is NCC(=O)N1CCC1C(N)=O. The van der Waals surface area contributed by atoms with Crippen molar-refractivity contribution in [2.45, 2.75) is 12.5 Å². The number of carbonyl (C=O) groups is 2. The molecule has 4 N–H and O–H groups in total. The molecule has 0 saturated carbocycles. The predicted octanol–water partition coefficient (Wildman–Crippen LogP) is -1.97. The maximum atomic E-state index is 10.9. The fourth-order valence-corrected chi connectivity index (χ4v) is 1.10. The van der Waals surface area contributed by atoms with E-state index in [9.17, 15) is 9.59 Å². The largest absolute Gasteiger partial charge is 0.368 e. The third-order valence-electron chi connectivity index (χ3n) is 1.84. The highest BCUT2D eigenvalue weighted by atomic mass is 16.2. The lowest BCUT2D eigenvalue weighted by molar-refractivity contribution is -0.144. The third-order valence-corrected chi connectivity index (χ3v) is 1.84. The summed E-state index contributed by atoms with van der Waals surface area (Å²) in [6.07, 6.45) is 0.668. The second-order valence-electron chi connectivity index (χ2n) is 2.50. The van der Waals surface area contributed by atoms with Gasteiger partial charge in [0.1, 0.15) is 6.04 Å². The second-order valence-corrected chi connectivity index (χ2v) is 2.50. The first-order chi connectivity index (χ1) is 5.16. The van der Waals surface area contributed by atoms with E-state index in [0.717, 1.165) is 0 Å². The molecule has 0 bridgehead atoms. The van der Waals surface area contributed by atoms with E-state index in [-0.39, 0.29) is 12.5 Å². The Morgan fingerprint density at radius 3 is 2.45 bits per heavy atom. The van der Waals surface area contributed by atoms with Gasteiger partial charge in [-0.2, -0.15) is 0 Å². The summed E-state index contributed by atoms with van der Waals surface area (Å²) in [5, 5.41) is 0. The average Bonchev–Trinajstić information content (AvgIpc) is 1.83. The van der Waals surface area contributed by atoms with Gasteiger partial charge in [-0.05, 0) is 6.42 Å². The smallest absolute Gasteiger partial charge is 0.240 e. The molecule has 0 aromatic carbocycles. The molecule has 1 aliphatic rings. The number of primary amides is 1. The Labute approximate surface area is 64.3 Å². The molecule has 0 aromatic heterocycles. The van der Waals surface area contributed by atoms with Crippen LogP contribution >= 0.6 is 0 Å². The fourth-order valence-electron chi connectivity index (χ4n) is 1.10. The summed E-state index contributed by atoms with van der Waals surface area (Å²) in [6, 6.07) is -0.411. The van der Waals surface area contributed by atoms with Crippen LogP contribution in [-0.4, -0.2) is 35.8 Å². The summed E-state index contributed by atoms with van der Waals surface area (Å²) >= 11 is 0. The van der Waals surface area contributed by atoms with Gasteiger partial charge in [-0.25, -0.2) is 0 Å². The normalized spacial score (nSPS) is 22.6. The van der Waals surface area contributed by atoms with Crippen molar-refractivity contribution >= 4 is 11.8 Å². The van der Waals surface area contributed by atoms with Crippen LogP contribution in [0.2, 0.25) is 0 Å². The van der Waals surface area contributed by atoms with Gasteiger partial charge in [0.25, 0.3) is 0 Å². The van der Waals surface area contributed by atoms with E-state index in [1.165, 1.54) is 4.90 Å². The number of rotatable bonds is 2. The molecule has 2 amide bonds. The number of nitrogens with two attached hydrogens (primary N) is 2. The highest BCUT2D eigenvalue weighted by Crippen LogP contribution is 2.15. The summed E-state index contributed by atoms with van der Waals surface area (Å²) in [7, 11) is 0. The summed E-state index contributed by atoms with van der Waals surface area (Å²) in [4.78, 5) is 22.9. The van der Waals surface area contributed by atoms with Gasteiger partial charge in [-0.15, -0.1) is 0 Å². The molecule has 0 radical (unpaired) electrons. The monoisotopic (exact) mass is 157 g/mol. The zero-order valence-electron chi connectivity index (χ0n) is 6.12. The summed E-state index contributed by atoms with van der Waals surface area (Å²) in [5.74, 6) is -0.655. The van der Waals surface area contributed by atoms with E-state index >= 15 is 0 Å². The molecule has 5 heteroatoms. The van der Waals surface area contributed by atoms with Gasteiger partial charge < -0.3 is 16.4 Å². The van der Waals surface area contributed by atoms with Crippen LogP contribution in [0.1, 0.15) is 6.42 Å². The minimum Gasteiger partial charge on any atom is -0.368 e. The van der Waals surface area contributed by atoms with Gasteiger partial charge in [0.15, 0.2) is 0 Å². The predicted molar refractivity (Wildman–Crippen MR) is 38.4 cm³/mol. The lowest BCUT2D eigenvalue weighted by Crippen LogP contribution is -2.58. The molecule has 5 nitrogen and oxygen atoms in total. The van der Waals surface area contributed by atoms with Gasteiger partial charge in [-0.1, -0.05) is 0 Å². The van der Waals surface area contributed by atoms with Gasteiger partial charge in [0, 0.05) is 6.54 Å². The van der Waals surface area contributed by atoms with Crippen LogP contribution in [0.5, 0.6) is 0 Å². The zero-order chi connectivity index (χ0) is 8.43. The Balaban J connectivity index is 2.49. The zero-order valence-corrected chi connectivity index (χ0v) is 6.12. The third kappa shape index (κ3) is 1.32. The lowest BCUT2D eigenvalue weighted by atomic mass is 10.0. The van der Waals surface area contributed by atoms with Gasteiger partial charge in [-0.3, -0.25) is 9.59 Å². The molecule has 1 aliphatic heterocycles. The topological polar surface area (TPSA) is 89.4 Å². The molecule has 0 aromatic rings. The van der Waals surface area contributed by atoms with Crippen molar-refractivity contribution in [3.63, 3.8) is 0 Å². The van der Waals surface area contributed by atoms with Crippen molar-refractivity contribution in [2.24, 2.45) is 11.5 Å². The molecule has 1 rings (SSSR count). The van der Waals surface area contributed by atoms with Crippen LogP contribution < -0.4 is 11.5 Å². The van der Waals surface area contributed by atoms with Crippen LogP contribution in [0.15, 0.2) is 0 Å². The number of likely N-dealkylation sites (tertiary alicyclic amines) is 1. The maximum absolute atomic E-state index is 10.9. The molecule has 0 aliphatic carbocycles. The Hall–Kier alpha value is -1.10. The van der Waals surface area contributed by atoms with E-state index in [4.69, 9.17) is 11.5 Å². The molecule has 1 heterocycles. The van der Waals surface area contributed by atoms with E-state index in [1.807, 2.05) is 0 Å². The molecule has 1 unspecified atom stereocenters. The average molecular weight is 157 g/mol. The quantitative estimate of drug-likeness (QED) is 0.487. The Morgan fingerprint density at radius 2 is 2.18 bits per heavy atom. The van der Waals surface area contributed by atoms with Crippen molar-refractivity contribution in [1.29, 1.82) is 0 Å². The lowest BCUT2D eigenvalue weighted by Gasteiger charge is -2.38. The summed E-state index contributed by atoms with van der Waals surface area (Å²) in [6.45, 7) is 0.549. The highest BCUT2D eigenvalue weighted by Gasteiger charge is 2.35. The number of hydrogen-bond donors (Lipinski definition) is 2. The van der Waals surface area contributed by atoms with Crippen molar-refractivity contribution < 1.29 is 9.59 Å².